The normalized spacial score (nSPS) is 9.79. The maximum Gasteiger partial charge on any atom is 0.261 e. The summed E-state index contributed by atoms with van der Waals surface area (Å²) in [4.78, 5) is 20.1. The van der Waals surface area contributed by atoms with Crippen LogP contribution in [-0.4, -0.2) is 30.1 Å². The lowest BCUT2D eigenvalue weighted by molar-refractivity contribution is 0.102. The van der Waals surface area contributed by atoms with Crippen LogP contribution in [0.25, 0.3) is 0 Å². The molecule has 0 radical (unpaired) electrons. The number of carbonyl (C=O) groups is 1. The third-order valence-electron chi connectivity index (χ3n) is 2.46. The number of ether oxygens (including phenoxy) is 2. The molecular formula is C13H13N3O3. The summed E-state index contributed by atoms with van der Waals surface area (Å²) in [6.07, 6.45) is 4.65. The fourth-order valence-electron chi connectivity index (χ4n) is 1.57. The number of anilines is 1. The zero-order valence-corrected chi connectivity index (χ0v) is 10.6. The van der Waals surface area contributed by atoms with E-state index in [0.29, 0.717) is 17.0 Å². The third kappa shape index (κ3) is 2.79. The largest absolute Gasteiger partial charge is 0.494 e. The SMILES string of the molecule is COc1ccncc1NC(=O)c1cccnc1OC. The second-order valence-corrected chi connectivity index (χ2v) is 3.59. The first-order valence-electron chi connectivity index (χ1n) is 5.54. The molecule has 6 nitrogen and oxygen atoms in total. The molecule has 0 aliphatic rings. The number of rotatable bonds is 4. The summed E-state index contributed by atoms with van der Waals surface area (Å²) in [5.74, 6) is 0.463. The molecular weight excluding hydrogens is 246 g/mol. The van der Waals surface area contributed by atoms with Crippen LogP contribution in [0.15, 0.2) is 36.8 Å². The molecule has 1 amide bonds. The van der Waals surface area contributed by atoms with Crippen LogP contribution in [0.1, 0.15) is 10.4 Å². The van der Waals surface area contributed by atoms with Gasteiger partial charge in [-0.05, 0) is 12.1 Å². The summed E-state index contributed by atoms with van der Waals surface area (Å²) in [5, 5.41) is 2.71. The van der Waals surface area contributed by atoms with Crippen molar-refractivity contribution in [2.24, 2.45) is 0 Å². The minimum absolute atomic E-state index is 0.267. The van der Waals surface area contributed by atoms with Crippen molar-refractivity contribution in [1.29, 1.82) is 0 Å². The van der Waals surface area contributed by atoms with Crippen LogP contribution < -0.4 is 14.8 Å². The Hall–Kier alpha value is -2.63. The second-order valence-electron chi connectivity index (χ2n) is 3.59. The van der Waals surface area contributed by atoms with Gasteiger partial charge < -0.3 is 14.8 Å². The Kier molecular flexibility index (Phi) is 3.92. The predicted molar refractivity (Wildman–Crippen MR) is 69.5 cm³/mol. The fourth-order valence-corrected chi connectivity index (χ4v) is 1.57. The third-order valence-corrected chi connectivity index (χ3v) is 2.46. The maximum absolute atomic E-state index is 12.1. The number of carbonyl (C=O) groups excluding carboxylic acids is 1. The Morgan fingerprint density at radius 3 is 2.79 bits per heavy atom. The fraction of sp³-hybridized carbons (Fsp3) is 0.154. The van der Waals surface area contributed by atoms with Crippen molar-refractivity contribution in [2.45, 2.75) is 0 Å². The molecule has 98 valence electrons. The zero-order chi connectivity index (χ0) is 13.7. The van der Waals surface area contributed by atoms with E-state index in [1.807, 2.05) is 0 Å². The van der Waals surface area contributed by atoms with Gasteiger partial charge in [0.05, 0.1) is 20.4 Å². The van der Waals surface area contributed by atoms with Crippen LogP contribution in [0.2, 0.25) is 0 Å². The Morgan fingerprint density at radius 2 is 2.05 bits per heavy atom. The van der Waals surface area contributed by atoms with Crippen LogP contribution in [0.3, 0.4) is 0 Å². The number of aromatic nitrogens is 2. The van der Waals surface area contributed by atoms with Crippen LogP contribution in [0.5, 0.6) is 11.6 Å². The molecule has 1 N–H and O–H groups in total. The summed E-state index contributed by atoms with van der Waals surface area (Å²) in [7, 11) is 2.99. The van der Waals surface area contributed by atoms with Crippen LogP contribution in [0, 0.1) is 0 Å². The molecule has 0 saturated carbocycles. The maximum atomic E-state index is 12.1. The molecule has 0 unspecified atom stereocenters. The first kappa shape index (κ1) is 12.8. The molecule has 0 bridgehead atoms. The highest BCUT2D eigenvalue weighted by Gasteiger charge is 2.14. The standard InChI is InChI=1S/C13H13N3O3/c1-18-11-5-7-14-8-10(11)16-12(17)9-4-3-6-15-13(9)19-2/h3-8H,1-2H3,(H,16,17). The smallest absolute Gasteiger partial charge is 0.261 e. The van der Waals surface area contributed by atoms with E-state index in [4.69, 9.17) is 9.47 Å². The Morgan fingerprint density at radius 1 is 1.21 bits per heavy atom. The van der Waals surface area contributed by atoms with Gasteiger partial charge in [0.25, 0.3) is 5.91 Å². The number of hydrogen-bond acceptors (Lipinski definition) is 5. The Labute approximate surface area is 110 Å². The van der Waals surface area contributed by atoms with Crippen molar-refractivity contribution in [3.63, 3.8) is 0 Å². The molecule has 6 heteroatoms. The first-order valence-corrected chi connectivity index (χ1v) is 5.54. The number of amides is 1. The van der Waals surface area contributed by atoms with Gasteiger partial charge in [-0.2, -0.15) is 0 Å². The molecule has 0 aliphatic carbocycles. The van der Waals surface area contributed by atoms with E-state index in [-0.39, 0.29) is 11.8 Å². The summed E-state index contributed by atoms with van der Waals surface area (Å²) < 4.78 is 10.2. The van der Waals surface area contributed by atoms with E-state index in [9.17, 15) is 4.79 Å². The predicted octanol–water partition coefficient (Wildman–Crippen LogP) is 1.75. The molecule has 19 heavy (non-hydrogen) atoms. The van der Waals surface area contributed by atoms with E-state index >= 15 is 0 Å². The van der Waals surface area contributed by atoms with Gasteiger partial charge in [-0.15, -0.1) is 0 Å². The lowest BCUT2D eigenvalue weighted by atomic mass is 10.2. The molecule has 2 aromatic heterocycles. The van der Waals surface area contributed by atoms with Gasteiger partial charge in [0.1, 0.15) is 17.0 Å². The molecule has 2 rings (SSSR count). The number of hydrogen-bond donors (Lipinski definition) is 1. The van der Waals surface area contributed by atoms with Crippen molar-refractivity contribution < 1.29 is 14.3 Å². The number of methoxy groups -OCH3 is 2. The minimum Gasteiger partial charge on any atom is -0.494 e. The zero-order valence-electron chi connectivity index (χ0n) is 10.6. The topological polar surface area (TPSA) is 73.3 Å². The lowest BCUT2D eigenvalue weighted by Crippen LogP contribution is -2.14. The average Bonchev–Trinajstić information content (AvgIpc) is 2.47. The highest BCUT2D eigenvalue weighted by atomic mass is 16.5. The van der Waals surface area contributed by atoms with E-state index in [2.05, 4.69) is 15.3 Å². The molecule has 2 heterocycles. The van der Waals surface area contributed by atoms with Gasteiger partial charge in [0.15, 0.2) is 0 Å². The van der Waals surface area contributed by atoms with Gasteiger partial charge >= 0.3 is 0 Å². The molecule has 0 fully saturated rings. The van der Waals surface area contributed by atoms with Crippen LogP contribution in [0.4, 0.5) is 5.69 Å². The van der Waals surface area contributed by atoms with Gasteiger partial charge in [-0.25, -0.2) is 4.98 Å². The Bertz CT molecular complexity index is 587. The van der Waals surface area contributed by atoms with Crippen LogP contribution >= 0.6 is 0 Å². The van der Waals surface area contributed by atoms with Gasteiger partial charge in [-0.3, -0.25) is 9.78 Å². The van der Waals surface area contributed by atoms with Crippen molar-refractivity contribution >= 4 is 11.6 Å². The minimum atomic E-state index is -0.337. The average molecular weight is 259 g/mol. The number of nitrogens with zero attached hydrogens (tertiary/aromatic N) is 2. The molecule has 0 spiro atoms. The quantitative estimate of drug-likeness (QED) is 0.905. The highest BCUT2D eigenvalue weighted by molar-refractivity contribution is 6.06. The summed E-state index contributed by atoms with van der Waals surface area (Å²) >= 11 is 0. The van der Waals surface area contributed by atoms with Crippen molar-refractivity contribution in [3.8, 4) is 11.6 Å². The number of nitrogens with one attached hydrogen (secondary N) is 1. The second kappa shape index (κ2) is 5.81. The van der Waals surface area contributed by atoms with Gasteiger partial charge in [0, 0.05) is 18.5 Å². The van der Waals surface area contributed by atoms with Gasteiger partial charge in [0.2, 0.25) is 5.88 Å². The molecule has 0 saturated heterocycles. The van der Waals surface area contributed by atoms with Crippen LogP contribution in [-0.2, 0) is 0 Å². The highest BCUT2D eigenvalue weighted by Crippen LogP contribution is 2.23. The Balaban J connectivity index is 2.26. The van der Waals surface area contributed by atoms with E-state index in [1.54, 1.807) is 30.6 Å². The summed E-state index contributed by atoms with van der Waals surface area (Å²) in [6.45, 7) is 0. The molecule has 0 aliphatic heterocycles. The van der Waals surface area contributed by atoms with E-state index in [0.717, 1.165) is 0 Å². The van der Waals surface area contributed by atoms with Crippen molar-refractivity contribution in [1.82, 2.24) is 9.97 Å². The summed E-state index contributed by atoms with van der Waals surface area (Å²) in [5.41, 5.74) is 0.830. The molecule has 0 aromatic carbocycles. The first-order chi connectivity index (χ1) is 9.26. The van der Waals surface area contributed by atoms with E-state index < -0.39 is 0 Å². The molecule has 0 atom stereocenters. The van der Waals surface area contributed by atoms with E-state index in [1.165, 1.54) is 20.4 Å². The lowest BCUT2D eigenvalue weighted by Gasteiger charge is -2.10. The number of pyridine rings is 2. The monoisotopic (exact) mass is 259 g/mol. The van der Waals surface area contributed by atoms with Crippen molar-refractivity contribution in [2.75, 3.05) is 19.5 Å². The van der Waals surface area contributed by atoms with Crippen molar-refractivity contribution in [3.05, 3.63) is 42.4 Å². The summed E-state index contributed by atoms with van der Waals surface area (Å²) in [6, 6.07) is 4.96. The van der Waals surface area contributed by atoms with Gasteiger partial charge in [-0.1, -0.05) is 0 Å². The molecule has 2 aromatic rings.